The number of aliphatic imine (C=N–C) groups is 1. The lowest BCUT2D eigenvalue weighted by molar-refractivity contribution is 0.0531. The number of rotatable bonds is 9. The molecule has 0 bridgehead atoms. The molecule has 1 atom stereocenters. The highest BCUT2D eigenvalue weighted by molar-refractivity contribution is 14.0. The molecule has 1 unspecified atom stereocenters. The first kappa shape index (κ1) is 25.1. The number of nitrogens with zero attached hydrogens (tertiary/aromatic N) is 3. The van der Waals surface area contributed by atoms with Crippen LogP contribution in [0.1, 0.15) is 53.6 Å². The Morgan fingerprint density at radius 2 is 2.08 bits per heavy atom. The number of esters is 1. The van der Waals surface area contributed by atoms with E-state index in [1.54, 1.807) is 6.92 Å². The molecule has 1 rings (SSSR count). The van der Waals surface area contributed by atoms with Crippen molar-refractivity contribution in [1.29, 1.82) is 0 Å². The molecule has 0 amide bonds. The number of nitrogens with one attached hydrogen (secondary N) is 2. The van der Waals surface area contributed by atoms with E-state index < -0.39 is 0 Å². The Balaban J connectivity index is 0.00000625. The molecular weight excluding hydrogens is 465 g/mol. The molecule has 1 aromatic rings. The van der Waals surface area contributed by atoms with Crippen LogP contribution < -0.4 is 10.6 Å². The molecule has 150 valence electrons. The van der Waals surface area contributed by atoms with Crippen molar-refractivity contribution < 1.29 is 9.53 Å². The molecule has 1 heterocycles. The number of halogens is 1. The fourth-order valence-corrected chi connectivity index (χ4v) is 3.12. The number of carbonyl (C=O) groups is 1. The van der Waals surface area contributed by atoms with E-state index in [9.17, 15) is 4.79 Å². The van der Waals surface area contributed by atoms with Crippen LogP contribution in [-0.4, -0.2) is 62.1 Å². The second kappa shape index (κ2) is 13.3. The summed E-state index contributed by atoms with van der Waals surface area (Å²) in [6.07, 6.45) is 1.00. The number of ether oxygens (including phenoxy) is 1. The predicted octanol–water partition coefficient (Wildman–Crippen LogP) is 2.81. The summed E-state index contributed by atoms with van der Waals surface area (Å²) >= 11 is 1.37. The summed E-state index contributed by atoms with van der Waals surface area (Å²) in [4.78, 5) is 23.8. The van der Waals surface area contributed by atoms with Gasteiger partial charge in [0.1, 0.15) is 9.88 Å². The van der Waals surface area contributed by atoms with E-state index in [2.05, 4.69) is 39.6 Å². The minimum absolute atomic E-state index is 0. The molecule has 0 fully saturated rings. The minimum Gasteiger partial charge on any atom is -0.462 e. The largest absolute Gasteiger partial charge is 0.462 e. The minimum atomic E-state index is -0.305. The van der Waals surface area contributed by atoms with Crippen molar-refractivity contribution in [2.75, 3.05) is 40.3 Å². The van der Waals surface area contributed by atoms with Gasteiger partial charge in [0.2, 0.25) is 0 Å². The molecule has 0 saturated heterocycles. The zero-order valence-corrected chi connectivity index (χ0v) is 19.7. The monoisotopic (exact) mass is 497 g/mol. The van der Waals surface area contributed by atoms with E-state index in [1.165, 1.54) is 11.3 Å². The number of aryl methyl sites for hydroxylation is 1. The molecule has 2 N–H and O–H groups in total. The second-order valence-electron chi connectivity index (χ2n) is 5.97. The number of hydrogen-bond acceptors (Lipinski definition) is 6. The Labute approximate surface area is 178 Å². The van der Waals surface area contributed by atoms with Gasteiger partial charge in [-0.3, -0.25) is 4.99 Å². The van der Waals surface area contributed by atoms with Gasteiger partial charge in [0.25, 0.3) is 0 Å². The topological polar surface area (TPSA) is 78.9 Å². The average molecular weight is 497 g/mol. The van der Waals surface area contributed by atoms with Crippen molar-refractivity contribution in [2.24, 2.45) is 4.99 Å². The van der Waals surface area contributed by atoms with Gasteiger partial charge in [0.05, 0.1) is 18.3 Å². The zero-order valence-electron chi connectivity index (χ0n) is 16.6. The normalized spacial score (nSPS) is 12.5. The van der Waals surface area contributed by atoms with Crippen LogP contribution in [0.15, 0.2) is 4.99 Å². The number of guanidine groups is 1. The van der Waals surface area contributed by atoms with E-state index >= 15 is 0 Å². The highest BCUT2D eigenvalue weighted by Crippen LogP contribution is 2.24. The molecule has 0 aliphatic carbocycles. The van der Waals surface area contributed by atoms with Crippen LogP contribution in [0.4, 0.5) is 0 Å². The van der Waals surface area contributed by atoms with E-state index in [0.29, 0.717) is 17.2 Å². The van der Waals surface area contributed by atoms with Crippen LogP contribution in [-0.2, 0) is 4.74 Å². The first-order valence-electron chi connectivity index (χ1n) is 8.73. The summed E-state index contributed by atoms with van der Waals surface area (Å²) < 4.78 is 5.08. The van der Waals surface area contributed by atoms with Gasteiger partial charge in [-0.2, -0.15) is 0 Å². The van der Waals surface area contributed by atoms with E-state index in [0.717, 1.165) is 37.0 Å². The first-order chi connectivity index (χ1) is 11.9. The summed E-state index contributed by atoms with van der Waals surface area (Å²) in [5.41, 5.74) is 0.708. The van der Waals surface area contributed by atoms with Crippen LogP contribution in [0.3, 0.4) is 0 Å². The van der Waals surface area contributed by atoms with Crippen molar-refractivity contribution in [3.8, 4) is 0 Å². The predicted molar refractivity (Wildman–Crippen MR) is 119 cm³/mol. The Kier molecular flexibility index (Phi) is 12.8. The molecule has 9 heteroatoms. The molecule has 26 heavy (non-hydrogen) atoms. The smallest absolute Gasteiger partial charge is 0.350 e. The Morgan fingerprint density at radius 1 is 1.38 bits per heavy atom. The molecule has 0 aliphatic rings. The highest BCUT2D eigenvalue weighted by Gasteiger charge is 2.20. The second-order valence-corrected chi connectivity index (χ2v) is 7.00. The van der Waals surface area contributed by atoms with Gasteiger partial charge in [0, 0.05) is 13.1 Å². The number of hydrogen-bond donors (Lipinski definition) is 2. The van der Waals surface area contributed by atoms with E-state index in [4.69, 9.17) is 4.74 Å². The van der Waals surface area contributed by atoms with Gasteiger partial charge in [-0.15, -0.1) is 35.3 Å². The Morgan fingerprint density at radius 3 is 2.65 bits per heavy atom. The summed E-state index contributed by atoms with van der Waals surface area (Å²) in [7, 11) is 4.11. The van der Waals surface area contributed by atoms with Crippen LogP contribution in [0, 0.1) is 6.92 Å². The first-order valence-corrected chi connectivity index (χ1v) is 9.54. The summed E-state index contributed by atoms with van der Waals surface area (Å²) in [5, 5.41) is 7.45. The van der Waals surface area contributed by atoms with Crippen molar-refractivity contribution in [3.05, 3.63) is 15.6 Å². The summed E-state index contributed by atoms with van der Waals surface area (Å²) in [6.45, 7) is 10.6. The SMILES string of the molecule is CCNC(=NCCCN(C)C)NC(C)c1nc(C)c(C(=O)OCC)s1.I. The lowest BCUT2D eigenvalue weighted by Gasteiger charge is -2.16. The highest BCUT2D eigenvalue weighted by atomic mass is 127. The van der Waals surface area contributed by atoms with Gasteiger partial charge >= 0.3 is 5.97 Å². The molecule has 1 aromatic heterocycles. The molecule has 0 aromatic carbocycles. The quantitative estimate of drug-likeness (QED) is 0.180. The molecule has 0 aliphatic heterocycles. The third-order valence-corrected chi connectivity index (χ3v) is 4.70. The molecule has 0 radical (unpaired) electrons. The van der Waals surface area contributed by atoms with Crippen LogP contribution in [0.25, 0.3) is 0 Å². The van der Waals surface area contributed by atoms with Gasteiger partial charge < -0.3 is 20.3 Å². The Hall–Kier alpha value is -0.940. The molecule has 0 saturated carbocycles. The fourth-order valence-electron chi connectivity index (χ4n) is 2.15. The van der Waals surface area contributed by atoms with Crippen LogP contribution >= 0.6 is 35.3 Å². The van der Waals surface area contributed by atoms with Crippen LogP contribution in [0.5, 0.6) is 0 Å². The number of thiazole rings is 1. The number of carbonyl (C=O) groups excluding carboxylic acids is 1. The van der Waals surface area contributed by atoms with Gasteiger partial charge in [-0.1, -0.05) is 0 Å². The Bertz CT molecular complexity index is 577. The maximum atomic E-state index is 11.9. The van der Waals surface area contributed by atoms with Crippen molar-refractivity contribution >= 4 is 47.2 Å². The molecular formula is C17H32IN5O2S. The maximum Gasteiger partial charge on any atom is 0.350 e. The average Bonchev–Trinajstić information content (AvgIpc) is 2.93. The number of aromatic nitrogens is 1. The third-order valence-electron chi connectivity index (χ3n) is 3.38. The van der Waals surface area contributed by atoms with Crippen molar-refractivity contribution in [2.45, 2.75) is 40.2 Å². The standard InChI is InChI=1S/C17H31N5O2S.HI/c1-7-18-17(19-10-9-11-22(5)6)21-13(4)15-20-12(3)14(25-15)16(23)24-8-2;/h13H,7-11H2,1-6H3,(H2,18,19,21);1H. The van der Waals surface area contributed by atoms with Crippen molar-refractivity contribution in [3.63, 3.8) is 0 Å². The van der Waals surface area contributed by atoms with Crippen molar-refractivity contribution in [1.82, 2.24) is 20.5 Å². The summed E-state index contributed by atoms with van der Waals surface area (Å²) in [6, 6.07) is -0.0430. The zero-order chi connectivity index (χ0) is 18.8. The van der Waals surface area contributed by atoms with E-state index in [1.807, 2.05) is 20.8 Å². The molecule has 0 spiro atoms. The summed E-state index contributed by atoms with van der Waals surface area (Å²) in [5.74, 6) is 0.458. The maximum absolute atomic E-state index is 11.9. The lowest BCUT2D eigenvalue weighted by Crippen LogP contribution is -2.38. The third kappa shape index (κ3) is 8.63. The molecule has 7 nitrogen and oxygen atoms in total. The van der Waals surface area contributed by atoms with Gasteiger partial charge in [-0.05, 0) is 54.8 Å². The van der Waals surface area contributed by atoms with Gasteiger partial charge in [0.15, 0.2) is 5.96 Å². The fraction of sp³-hybridized carbons (Fsp3) is 0.706. The van der Waals surface area contributed by atoms with Crippen LogP contribution in [0.2, 0.25) is 0 Å². The lowest BCUT2D eigenvalue weighted by atomic mass is 10.3. The van der Waals surface area contributed by atoms with Gasteiger partial charge in [-0.25, -0.2) is 9.78 Å². The van der Waals surface area contributed by atoms with E-state index in [-0.39, 0.29) is 36.0 Å².